The molecule has 2 aromatic carbocycles. The van der Waals surface area contributed by atoms with E-state index in [1.165, 1.54) is 25.9 Å². The Morgan fingerprint density at radius 3 is 2.16 bits per heavy atom. The number of anilines is 1. The number of ether oxygens (including phenoxy) is 3. The smallest absolute Gasteiger partial charge is 0.332 e. The Morgan fingerprint density at radius 2 is 1.61 bits per heavy atom. The Kier molecular flexibility index (Phi) is 6.33. The Bertz CT molecular complexity index is 1220. The molecule has 0 atom stereocenters. The van der Waals surface area contributed by atoms with Crippen LogP contribution in [0, 0.1) is 0 Å². The van der Waals surface area contributed by atoms with Gasteiger partial charge in [0, 0.05) is 23.9 Å². The zero-order chi connectivity index (χ0) is 22.7. The van der Waals surface area contributed by atoms with Crippen molar-refractivity contribution in [1.82, 2.24) is 9.13 Å². The van der Waals surface area contributed by atoms with E-state index in [0.717, 1.165) is 4.57 Å². The number of rotatable bonds is 7. The highest BCUT2D eigenvalue weighted by Gasteiger charge is 2.18. The third kappa shape index (κ3) is 4.11. The van der Waals surface area contributed by atoms with E-state index in [2.05, 4.69) is 5.32 Å². The summed E-state index contributed by atoms with van der Waals surface area (Å²) in [5.41, 5.74) is -0.112. The van der Waals surface area contributed by atoms with Gasteiger partial charge in [0.2, 0.25) is 11.7 Å². The summed E-state index contributed by atoms with van der Waals surface area (Å²) in [7, 11) is 4.44. The quantitative estimate of drug-likeness (QED) is 0.622. The van der Waals surface area contributed by atoms with Crippen molar-refractivity contribution in [1.29, 1.82) is 0 Å². The van der Waals surface area contributed by atoms with Gasteiger partial charge in [0.05, 0.1) is 32.2 Å². The van der Waals surface area contributed by atoms with Crippen LogP contribution < -0.4 is 30.8 Å². The van der Waals surface area contributed by atoms with Gasteiger partial charge in [-0.25, -0.2) is 4.79 Å². The molecule has 1 heterocycles. The Balaban J connectivity index is 2.02. The van der Waals surface area contributed by atoms with E-state index >= 15 is 0 Å². The summed E-state index contributed by atoms with van der Waals surface area (Å²) in [6.45, 7) is 3.22. The summed E-state index contributed by atoms with van der Waals surface area (Å²) in [5.74, 6) is 0.714. The molecule has 9 heteroatoms. The van der Waals surface area contributed by atoms with Crippen molar-refractivity contribution in [2.24, 2.45) is 0 Å². The number of aromatic nitrogens is 2. The molecular formula is C22H25N3O6. The largest absolute Gasteiger partial charge is 0.493 e. The molecule has 1 amide bonds. The number of nitrogens with one attached hydrogen (secondary N) is 1. The molecule has 0 aliphatic carbocycles. The maximum Gasteiger partial charge on any atom is 0.332 e. The van der Waals surface area contributed by atoms with E-state index in [0.29, 0.717) is 33.8 Å². The van der Waals surface area contributed by atoms with Crippen LogP contribution in [0.2, 0.25) is 0 Å². The summed E-state index contributed by atoms with van der Waals surface area (Å²) in [6.07, 6.45) is 0. The summed E-state index contributed by atoms with van der Waals surface area (Å²) < 4.78 is 18.3. The van der Waals surface area contributed by atoms with E-state index in [9.17, 15) is 14.4 Å². The van der Waals surface area contributed by atoms with E-state index in [-0.39, 0.29) is 18.1 Å². The zero-order valence-corrected chi connectivity index (χ0v) is 18.1. The van der Waals surface area contributed by atoms with Crippen LogP contribution in [0.5, 0.6) is 17.2 Å². The van der Waals surface area contributed by atoms with Crippen molar-refractivity contribution in [2.75, 3.05) is 26.6 Å². The molecule has 0 aliphatic heterocycles. The average molecular weight is 427 g/mol. The lowest BCUT2D eigenvalue weighted by Gasteiger charge is -2.17. The number of hydrogen-bond donors (Lipinski definition) is 1. The van der Waals surface area contributed by atoms with Gasteiger partial charge in [-0.05, 0) is 26.0 Å². The zero-order valence-electron chi connectivity index (χ0n) is 18.1. The molecule has 0 bridgehead atoms. The molecule has 1 aromatic heterocycles. The van der Waals surface area contributed by atoms with Crippen LogP contribution >= 0.6 is 0 Å². The van der Waals surface area contributed by atoms with E-state index in [1.807, 2.05) is 0 Å². The lowest BCUT2D eigenvalue weighted by Crippen LogP contribution is -2.42. The molecule has 9 nitrogen and oxygen atoms in total. The van der Waals surface area contributed by atoms with Crippen LogP contribution in [0.4, 0.5) is 5.69 Å². The van der Waals surface area contributed by atoms with Gasteiger partial charge >= 0.3 is 5.69 Å². The minimum atomic E-state index is -0.543. The monoisotopic (exact) mass is 427 g/mol. The van der Waals surface area contributed by atoms with E-state index < -0.39 is 11.6 Å². The fraction of sp³-hybridized carbons (Fsp3) is 0.318. The number of methoxy groups -OCH3 is 3. The summed E-state index contributed by atoms with van der Waals surface area (Å²) >= 11 is 0. The van der Waals surface area contributed by atoms with Gasteiger partial charge in [0.15, 0.2) is 11.5 Å². The molecule has 0 saturated heterocycles. The number of benzene rings is 2. The van der Waals surface area contributed by atoms with Gasteiger partial charge < -0.3 is 19.5 Å². The highest BCUT2D eigenvalue weighted by atomic mass is 16.5. The van der Waals surface area contributed by atoms with Gasteiger partial charge in [-0.15, -0.1) is 0 Å². The molecule has 0 unspecified atom stereocenters. The lowest BCUT2D eigenvalue weighted by atomic mass is 10.2. The minimum absolute atomic E-state index is 0.275. The van der Waals surface area contributed by atoms with Crippen molar-refractivity contribution in [3.63, 3.8) is 0 Å². The van der Waals surface area contributed by atoms with E-state index in [1.54, 1.807) is 50.2 Å². The molecular weight excluding hydrogens is 402 g/mol. The van der Waals surface area contributed by atoms with Crippen LogP contribution in [-0.4, -0.2) is 36.4 Å². The molecule has 3 rings (SSSR count). The topological polar surface area (TPSA) is 101 Å². The number of nitrogens with zero attached hydrogens (tertiary/aromatic N) is 2. The Hall–Kier alpha value is -3.75. The molecule has 0 saturated carbocycles. The summed E-state index contributed by atoms with van der Waals surface area (Å²) in [6, 6.07) is 9.56. The normalized spacial score (nSPS) is 10.9. The molecule has 1 N–H and O–H groups in total. The summed E-state index contributed by atoms with van der Waals surface area (Å²) in [4.78, 5) is 38.6. The predicted octanol–water partition coefficient (Wildman–Crippen LogP) is 2.41. The van der Waals surface area contributed by atoms with Gasteiger partial charge in [-0.2, -0.15) is 0 Å². The molecule has 0 aliphatic rings. The molecule has 3 aromatic rings. The first-order chi connectivity index (χ1) is 14.8. The SMILES string of the molecule is COc1cc(NC(=O)Cn2c(=O)n(C(C)C)c(=O)c3ccccc32)cc(OC)c1OC. The second-order valence-electron chi connectivity index (χ2n) is 7.12. The first-order valence-corrected chi connectivity index (χ1v) is 9.66. The standard InChI is InChI=1S/C22H25N3O6/c1-13(2)25-21(27)15-8-6-7-9-16(15)24(22(25)28)12-19(26)23-14-10-17(29-3)20(31-5)18(11-14)30-4/h6-11,13H,12H2,1-5H3,(H,23,26). The number of fused-ring (bicyclic) bond motifs is 1. The van der Waals surface area contributed by atoms with Crippen LogP contribution in [0.15, 0.2) is 46.0 Å². The maximum absolute atomic E-state index is 13.0. The first-order valence-electron chi connectivity index (χ1n) is 9.66. The Morgan fingerprint density at radius 1 is 1.00 bits per heavy atom. The molecule has 0 radical (unpaired) electrons. The van der Waals surface area contributed by atoms with Gasteiger partial charge in [0.1, 0.15) is 6.54 Å². The van der Waals surface area contributed by atoms with Gasteiger partial charge in [-0.1, -0.05) is 12.1 Å². The number of hydrogen-bond acceptors (Lipinski definition) is 6. The molecule has 164 valence electrons. The third-order valence-corrected chi connectivity index (χ3v) is 4.85. The number of carbonyl (C=O) groups excluding carboxylic acids is 1. The van der Waals surface area contributed by atoms with Crippen molar-refractivity contribution in [3.8, 4) is 17.2 Å². The predicted molar refractivity (Wildman–Crippen MR) is 118 cm³/mol. The van der Waals surface area contributed by atoms with Gasteiger partial charge in [0.25, 0.3) is 5.56 Å². The van der Waals surface area contributed by atoms with Crippen molar-refractivity contribution < 1.29 is 19.0 Å². The van der Waals surface area contributed by atoms with Crippen LogP contribution in [-0.2, 0) is 11.3 Å². The number of amides is 1. The lowest BCUT2D eigenvalue weighted by molar-refractivity contribution is -0.116. The van der Waals surface area contributed by atoms with Crippen molar-refractivity contribution in [3.05, 3.63) is 57.2 Å². The fourth-order valence-corrected chi connectivity index (χ4v) is 3.45. The van der Waals surface area contributed by atoms with Crippen LogP contribution in [0.3, 0.4) is 0 Å². The Labute approximate surface area is 178 Å². The molecule has 0 spiro atoms. The highest BCUT2D eigenvalue weighted by Crippen LogP contribution is 2.39. The van der Waals surface area contributed by atoms with Crippen molar-refractivity contribution in [2.45, 2.75) is 26.4 Å². The summed E-state index contributed by atoms with van der Waals surface area (Å²) in [5, 5.41) is 3.12. The van der Waals surface area contributed by atoms with Crippen LogP contribution in [0.1, 0.15) is 19.9 Å². The second-order valence-corrected chi connectivity index (χ2v) is 7.12. The van der Waals surface area contributed by atoms with Crippen LogP contribution in [0.25, 0.3) is 10.9 Å². The third-order valence-electron chi connectivity index (χ3n) is 4.85. The maximum atomic E-state index is 13.0. The number of carbonyl (C=O) groups is 1. The fourth-order valence-electron chi connectivity index (χ4n) is 3.45. The van der Waals surface area contributed by atoms with Crippen molar-refractivity contribution >= 4 is 22.5 Å². The highest BCUT2D eigenvalue weighted by molar-refractivity contribution is 5.92. The molecule has 0 fully saturated rings. The number of para-hydroxylation sites is 1. The average Bonchev–Trinajstić information content (AvgIpc) is 2.75. The van der Waals surface area contributed by atoms with Gasteiger partial charge in [-0.3, -0.25) is 18.7 Å². The molecule has 31 heavy (non-hydrogen) atoms. The van der Waals surface area contributed by atoms with E-state index in [4.69, 9.17) is 14.2 Å². The second kappa shape index (κ2) is 8.95. The minimum Gasteiger partial charge on any atom is -0.493 e. The first kappa shape index (κ1) is 21.9.